The van der Waals surface area contributed by atoms with Gasteiger partial charge in [0.15, 0.2) is 0 Å². The third kappa shape index (κ3) is 4.15. The van der Waals surface area contributed by atoms with Crippen molar-refractivity contribution in [2.24, 2.45) is 0 Å². The summed E-state index contributed by atoms with van der Waals surface area (Å²) in [6.45, 7) is 8.18. The van der Waals surface area contributed by atoms with Crippen LogP contribution < -0.4 is 10.5 Å². The molecule has 3 aromatic carbocycles. The molecular formula is C27H26N2O2. The van der Waals surface area contributed by atoms with Gasteiger partial charge in [-0.25, -0.2) is 0 Å². The Morgan fingerprint density at radius 1 is 0.839 bits per heavy atom. The third-order valence-electron chi connectivity index (χ3n) is 5.68. The Morgan fingerprint density at radius 2 is 1.55 bits per heavy atom. The summed E-state index contributed by atoms with van der Waals surface area (Å²) in [7, 11) is 0. The van der Waals surface area contributed by atoms with Crippen molar-refractivity contribution >= 4 is 22.5 Å². The molecule has 0 atom stereocenters. The van der Waals surface area contributed by atoms with Crippen LogP contribution in [0.15, 0.2) is 71.5 Å². The summed E-state index contributed by atoms with van der Waals surface area (Å²) >= 11 is 0. The van der Waals surface area contributed by atoms with Gasteiger partial charge in [-0.05, 0) is 68.5 Å². The Hall–Kier alpha value is -3.66. The zero-order chi connectivity index (χ0) is 22.1. The zero-order valence-electron chi connectivity index (χ0n) is 18.3. The zero-order valence-corrected chi connectivity index (χ0v) is 18.3. The molecule has 1 heterocycles. The standard InChI is InChI=1S/C27H26N2O2/c1-17-8-11-21(12-9-17)27(31)29(24-13-10-18(2)14-20(24)4)16-23-15-22-7-5-6-19(3)25(22)28-26(23)30/h5-15H,16H2,1-4H3,(H,28,30). The number of para-hydroxylation sites is 1. The Bertz CT molecular complexity index is 1330. The fourth-order valence-corrected chi connectivity index (χ4v) is 3.94. The number of nitrogens with one attached hydrogen (secondary N) is 1. The number of amides is 1. The van der Waals surface area contributed by atoms with Crippen LogP contribution in [0, 0.1) is 27.7 Å². The van der Waals surface area contributed by atoms with E-state index in [2.05, 4.69) is 11.1 Å². The highest BCUT2D eigenvalue weighted by molar-refractivity contribution is 6.06. The van der Waals surface area contributed by atoms with E-state index >= 15 is 0 Å². The molecule has 4 nitrogen and oxygen atoms in total. The van der Waals surface area contributed by atoms with Gasteiger partial charge in [0.25, 0.3) is 11.5 Å². The van der Waals surface area contributed by atoms with Gasteiger partial charge in [-0.2, -0.15) is 0 Å². The fraction of sp³-hybridized carbons (Fsp3) is 0.185. The number of H-pyrrole nitrogens is 1. The highest BCUT2D eigenvalue weighted by Crippen LogP contribution is 2.26. The van der Waals surface area contributed by atoms with Crippen LogP contribution in [-0.2, 0) is 6.54 Å². The number of aromatic amines is 1. The van der Waals surface area contributed by atoms with E-state index in [-0.39, 0.29) is 18.0 Å². The quantitative estimate of drug-likeness (QED) is 0.475. The number of fused-ring (bicyclic) bond motifs is 1. The minimum Gasteiger partial charge on any atom is -0.321 e. The molecule has 1 amide bonds. The number of anilines is 1. The number of carbonyl (C=O) groups is 1. The van der Waals surface area contributed by atoms with Crippen LogP contribution in [-0.4, -0.2) is 10.9 Å². The van der Waals surface area contributed by atoms with Gasteiger partial charge in [0.05, 0.1) is 12.1 Å². The van der Waals surface area contributed by atoms with Gasteiger partial charge < -0.3 is 9.88 Å². The first kappa shape index (κ1) is 20.6. The van der Waals surface area contributed by atoms with Gasteiger partial charge in [-0.3, -0.25) is 9.59 Å². The van der Waals surface area contributed by atoms with Crippen LogP contribution in [0.4, 0.5) is 5.69 Å². The molecule has 1 N–H and O–H groups in total. The van der Waals surface area contributed by atoms with E-state index in [4.69, 9.17) is 0 Å². The first-order valence-corrected chi connectivity index (χ1v) is 10.4. The van der Waals surface area contributed by atoms with E-state index in [1.54, 1.807) is 4.90 Å². The second kappa shape index (κ2) is 8.23. The van der Waals surface area contributed by atoms with E-state index in [9.17, 15) is 9.59 Å². The molecule has 4 heteroatoms. The normalized spacial score (nSPS) is 11.0. The van der Waals surface area contributed by atoms with Crippen LogP contribution >= 0.6 is 0 Å². The minimum absolute atomic E-state index is 0.129. The number of aromatic nitrogens is 1. The van der Waals surface area contributed by atoms with Gasteiger partial charge in [-0.15, -0.1) is 0 Å². The molecule has 0 spiro atoms. The van der Waals surface area contributed by atoms with Crippen LogP contribution in [0.1, 0.15) is 38.2 Å². The maximum absolute atomic E-state index is 13.5. The lowest BCUT2D eigenvalue weighted by Crippen LogP contribution is -2.33. The topological polar surface area (TPSA) is 53.2 Å². The molecule has 0 radical (unpaired) electrons. The highest BCUT2D eigenvalue weighted by Gasteiger charge is 2.21. The van der Waals surface area contributed by atoms with E-state index in [1.807, 2.05) is 88.4 Å². The Balaban J connectivity index is 1.82. The molecule has 0 aliphatic heterocycles. The summed E-state index contributed by atoms with van der Waals surface area (Å²) in [6.07, 6.45) is 0. The fourth-order valence-electron chi connectivity index (χ4n) is 3.94. The average molecular weight is 411 g/mol. The summed E-state index contributed by atoms with van der Waals surface area (Å²) in [6, 6.07) is 21.3. The van der Waals surface area contributed by atoms with Gasteiger partial charge in [0.2, 0.25) is 0 Å². The Kier molecular flexibility index (Phi) is 5.47. The van der Waals surface area contributed by atoms with Crippen LogP contribution in [0.25, 0.3) is 10.9 Å². The Morgan fingerprint density at radius 3 is 2.26 bits per heavy atom. The SMILES string of the molecule is Cc1ccc(C(=O)N(Cc2cc3cccc(C)c3[nH]c2=O)c2ccc(C)cc2C)cc1. The predicted molar refractivity (Wildman–Crippen MR) is 127 cm³/mol. The van der Waals surface area contributed by atoms with Crippen molar-refractivity contribution < 1.29 is 4.79 Å². The van der Waals surface area contributed by atoms with Crippen molar-refractivity contribution in [3.05, 3.63) is 110 Å². The maximum atomic E-state index is 13.5. The highest BCUT2D eigenvalue weighted by atomic mass is 16.2. The monoisotopic (exact) mass is 410 g/mol. The van der Waals surface area contributed by atoms with E-state index in [1.165, 1.54) is 0 Å². The predicted octanol–water partition coefficient (Wildman–Crippen LogP) is 5.61. The number of hydrogen-bond acceptors (Lipinski definition) is 2. The first-order chi connectivity index (χ1) is 14.8. The molecule has 4 rings (SSSR count). The summed E-state index contributed by atoms with van der Waals surface area (Å²) in [5.41, 5.74) is 6.85. The molecule has 0 fully saturated rings. The van der Waals surface area contributed by atoms with Gasteiger partial charge >= 0.3 is 0 Å². The average Bonchev–Trinajstić information content (AvgIpc) is 2.74. The molecule has 31 heavy (non-hydrogen) atoms. The van der Waals surface area contributed by atoms with Crippen LogP contribution in [0.2, 0.25) is 0 Å². The van der Waals surface area contributed by atoms with Crippen molar-refractivity contribution in [2.45, 2.75) is 34.2 Å². The third-order valence-corrected chi connectivity index (χ3v) is 5.68. The molecule has 0 unspecified atom stereocenters. The summed E-state index contributed by atoms with van der Waals surface area (Å²) < 4.78 is 0. The molecule has 0 aliphatic rings. The second-order valence-electron chi connectivity index (χ2n) is 8.21. The number of hydrogen-bond donors (Lipinski definition) is 1. The second-order valence-corrected chi connectivity index (χ2v) is 8.21. The lowest BCUT2D eigenvalue weighted by Gasteiger charge is -2.25. The molecule has 0 bridgehead atoms. The largest absolute Gasteiger partial charge is 0.321 e. The van der Waals surface area contributed by atoms with Gasteiger partial charge in [0.1, 0.15) is 0 Å². The maximum Gasteiger partial charge on any atom is 0.258 e. The molecule has 4 aromatic rings. The van der Waals surface area contributed by atoms with E-state index in [0.717, 1.165) is 38.8 Å². The van der Waals surface area contributed by atoms with Crippen molar-refractivity contribution in [2.75, 3.05) is 4.90 Å². The number of aryl methyl sites for hydroxylation is 4. The number of pyridine rings is 1. The van der Waals surface area contributed by atoms with Crippen LogP contribution in [0.3, 0.4) is 0 Å². The van der Waals surface area contributed by atoms with Crippen molar-refractivity contribution in [1.29, 1.82) is 0 Å². The number of nitrogens with zero attached hydrogens (tertiary/aromatic N) is 1. The van der Waals surface area contributed by atoms with Crippen molar-refractivity contribution in [3.8, 4) is 0 Å². The number of rotatable bonds is 4. The van der Waals surface area contributed by atoms with Gasteiger partial charge in [0, 0.05) is 16.8 Å². The lowest BCUT2D eigenvalue weighted by molar-refractivity contribution is 0.0985. The number of benzene rings is 3. The summed E-state index contributed by atoms with van der Waals surface area (Å²) in [5, 5.41) is 0.956. The number of carbonyl (C=O) groups excluding carboxylic acids is 1. The van der Waals surface area contributed by atoms with Crippen LogP contribution in [0.5, 0.6) is 0 Å². The molecule has 0 saturated carbocycles. The summed E-state index contributed by atoms with van der Waals surface area (Å²) in [5.74, 6) is -0.129. The first-order valence-electron chi connectivity index (χ1n) is 10.4. The molecule has 0 aliphatic carbocycles. The minimum atomic E-state index is -0.173. The molecule has 0 saturated heterocycles. The van der Waals surface area contributed by atoms with Crippen molar-refractivity contribution in [3.63, 3.8) is 0 Å². The van der Waals surface area contributed by atoms with Crippen molar-refractivity contribution in [1.82, 2.24) is 4.98 Å². The molecule has 156 valence electrons. The Labute approximate surface area is 182 Å². The molecule has 1 aromatic heterocycles. The summed E-state index contributed by atoms with van der Waals surface area (Å²) in [4.78, 5) is 31.1. The van der Waals surface area contributed by atoms with E-state index in [0.29, 0.717) is 11.1 Å². The smallest absolute Gasteiger partial charge is 0.258 e. The van der Waals surface area contributed by atoms with Gasteiger partial charge in [-0.1, -0.05) is 53.6 Å². The lowest BCUT2D eigenvalue weighted by atomic mass is 10.1. The van der Waals surface area contributed by atoms with E-state index < -0.39 is 0 Å². The molecular weight excluding hydrogens is 384 g/mol.